The van der Waals surface area contributed by atoms with E-state index >= 15 is 0 Å². The lowest BCUT2D eigenvalue weighted by atomic mass is 10.1. The number of halogens is 1. The van der Waals surface area contributed by atoms with Gasteiger partial charge in [0.15, 0.2) is 0 Å². The predicted molar refractivity (Wildman–Crippen MR) is 159 cm³/mol. The Morgan fingerprint density at radius 2 is 1.55 bits per heavy atom. The van der Waals surface area contributed by atoms with Crippen molar-refractivity contribution in [3.05, 3.63) is 123 Å². The van der Waals surface area contributed by atoms with Gasteiger partial charge in [0.1, 0.15) is 0 Å². The summed E-state index contributed by atoms with van der Waals surface area (Å²) in [5, 5.41) is 3.29. The third-order valence-corrected chi connectivity index (χ3v) is 8.85. The zero-order valence-corrected chi connectivity index (χ0v) is 23.7. The fourth-order valence-electron chi connectivity index (χ4n) is 4.59. The SMILES string of the molecule is Cc1ccc(Cl)cc1N(Cc1ccc(C(=O)Nc2ccc3c(c2)n(C)c(=O)n3C)cc1)S(=O)(=O)c1ccccc1. The Balaban J connectivity index is 1.41. The highest BCUT2D eigenvalue weighted by Crippen LogP contribution is 2.31. The van der Waals surface area contributed by atoms with Crippen LogP contribution in [0.1, 0.15) is 21.5 Å². The number of carbonyl (C=O) groups is 1. The fraction of sp³-hybridized carbons (Fsp3) is 0.133. The molecule has 0 saturated heterocycles. The molecule has 0 bridgehead atoms. The number of aromatic nitrogens is 2. The van der Waals surface area contributed by atoms with Crippen LogP contribution < -0.4 is 15.3 Å². The van der Waals surface area contributed by atoms with Crippen LogP contribution in [0.25, 0.3) is 11.0 Å². The van der Waals surface area contributed by atoms with Gasteiger partial charge in [0.2, 0.25) is 0 Å². The maximum absolute atomic E-state index is 13.7. The number of imidazole rings is 1. The summed E-state index contributed by atoms with van der Waals surface area (Å²) in [6, 6.07) is 25.4. The molecule has 1 N–H and O–H groups in total. The van der Waals surface area contributed by atoms with Gasteiger partial charge in [-0.1, -0.05) is 48.0 Å². The molecule has 4 aromatic carbocycles. The highest BCUT2D eigenvalue weighted by atomic mass is 35.5. The Hall–Kier alpha value is -4.34. The molecule has 0 fully saturated rings. The van der Waals surface area contributed by atoms with E-state index in [0.29, 0.717) is 33.0 Å². The number of hydrogen-bond donors (Lipinski definition) is 1. The Morgan fingerprint density at radius 3 is 2.25 bits per heavy atom. The van der Waals surface area contributed by atoms with Gasteiger partial charge >= 0.3 is 5.69 Å². The van der Waals surface area contributed by atoms with Crippen molar-refractivity contribution in [3.8, 4) is 0 Å². The molecular formula is C30H27ClN4O4S. The van der Waals surface area contributed by atoms with Crippen LogP contribution in [0.3, 0.4) is 0 Å². The molecule has 40 heavy (non-hydrogen) atoms. The van der Waals surface area contributed by atoms with E-state index in [1.54, 1.807) is 110 Å². The Kier molecular flexibility index (Phi) is 7.27. The van der Waals surface area contributed by atoms with E-state index in [4.69, 9.17) is 11.6 Å². The first-order valence-corrected chi connectivity index (χ1v) is 14.3. The normalized spacial score (nSPS) is 11.5. The second kappa shape index (κ2) is 10.7. The van der Waals surface area contributed by atoms with E-state index in [0.717, 1.165) is 11.1 Å². The van der Waals surface area contributed by atoms with Crippen LogP contribution in [0.15, 0.2) is 101 Å². The molecule has 5 aromatic rings. The monoisotopic (exact) mass is 574 g/mol. The number of amides is 1. The van der Waals surface area contributed by atoms with E-state index in [9.17, 15) is 18.0 Å². The zero-order chi connectivity index (χ0) is 28.6. The summed E-state index contributed by atoms with van der Waals surface area (Å²) in [5.74, 6) is -0.328. The Labute approximate surface area is 237 Å². The lowest BCUT2D eigenvalue weighted by molar-refractivity contribution is 0.102. The fourth-order valence-corrected chi connectivity index (χ4v) is 6.28. The van der Waals surface area contributed by atoms with Crippen LogP contribution in [-0.2, 0) is 30.7 Å². The van der Waals surface area contributed by atoms with Crippen molar-refractivity contribution in [3.63, 3.8) is 0 Å². The molecule has 0 aliphatic carbocycles. The standard InChI is InChI=1S/C30H27ClN4O4S/c1-20-9-14-23(31)17-27(20)35(40(38,39)25-7-5-4-6-8-25)19-21-10-12-22(13-11-21)29(36)32-24-15-16-26-28(18-24)34(3)30(37)33(26)2/h4-18H,19H2,1-3H3,(H,32,36). The average Bonchev–Trinajstić information content (AvgIpc) is 3.17. The summed E-state index contributed by atoms with van der Waals surface area (Å²) >= 11 is 6.25. The molecule has 1 aromatic heterocycles. The van der Waals surface area contributed by atoms with Gasteiger partial charge in [-0.15, -0.1) is 0 Å². The van der Waals surface area contributed by atoms with E-state index in [-0.39, 0.29) is 23.0 Å². The highest BCUT2D eigenvalue weighted by molar-refractivity contribution is 7.92. The Morgan fingerprint density at radius 1 is 0.875 bits per heavy atom. The summed E-state index contributed by atoms with van der Waals surface area (Å²) in [4.78, 5) is 25.4. The van der Waals surface area contributed by atoms with Gasteiger partial charge in [-0.25, -0.2) is 13.2 Å². The lowest BCUT2D eigenvalue weighted by Crippen LogP contribution is -2.31. The quantitative estimate of drug-likeness (QED) is 0.278. The van der Waals surface area contributed by atoms with Gasteiger partial charge in [-0.3, -0.25) is 18.2 Å². The van der Waals surface area contributed by atoms with E-state index < -0.39 is 10.0 Å². The minimum atomic E-state index is -3.91. The van der Waals surface area contributed by atoms with E-state index in [1.165, 1.54) is 8.87 Å². The summed E-state index contributed by atoms with van der Waals surface area (Å²) in [7, 11) is -0.532. The maximum Gasteiger partial charge on any atom is 0.328 e. The van der Waals surface area contributed by atoms with E-state index in [1.807, 2.05) is 6.92 Å². The molecule has 8 nitrogen and oxygen atoms in total. The smallest absolute Gasteiger partial charge is 0.322 e. The molecule has 0 unspecified atom stereocenters. The van der Waals surface area contributed by atoms with Crippen molar-refractivity contribution >= 4 is 49.9 Å². The lowest BCUT2D eigenvalue weighted by Gasteiger charge is -2.26. The predicted octanol–water partition coefficient (Wildman–Crippen LogP) is 5.49. The maximum atomic E-state index is 13.7. The van der Waals surface area contributed by atoms with Crippen molar-refractivity contribution in [2.75, 3.05) is 9.62 Å². The van der Waals surface area contributed by atoms with Crippen LogP contribution in [0.5, 0.6) is 0 Å². The second-order valence-electron chi connectivity index (χ2n) is 9.51. The number of anilines is 2. The molecule has 0 atom stereocenters. The van der Waals surface area contributed by atoms with Gasteiger partial charge in [0.05, 0.1) is 28.2 Å². The van der Waals surface area contributed by atoms with Gasteiger partial charge in [-0.05, 0) is 72.6 Å². The van der Waals surface area contributed by atoms with Crippen molar-refractivity contribution in [1.29, 1.82) is 0 Å². The number of fused-ring (bicyclic) bond motifs is 1. The number of rotatable bonds is 7. The van der Waals surface area contributed by atoms with Crippen molar-refractivity contribution < 1.29 is 13.2 Å². The average molecular weight is 575 g/mol. The first-order chi connectivity index (χ1) is 19.1. The van der Waals surface area contributed by atoms with Crippen molar-refractivity contribution in [2.45, 2.75) is 18.4 Å². The third-order valence-electron chi connectivity index (χ3n) is 6.84. The molecule has 1 heterocycles. The number of nitrogens with zero attached hydrogens (tertiary/aromatic N) is 3. The number of hydrogen-bond acceptors (Lipinski definition) is 4. The molecule has 204 valence electrons. The Bertz CT molecular complexity index is 1900. The molecule has 0 radical (unpaired) electrons. The summed E-state index contributed by atoms with van der Waals surface area (Å²) < 4.78 is 31.8. The van der Waals surface area contributed by atoms with Crippen LogP contribution in [0.2, 0.25) is 5.02 Å². The van der Waals surface area contributed by atoms with Gasteiger partial charge in [0.25, 0.3) is 15.9 Å². The van der Waals surface area contributed by atoms with Gasteiger partial charge in [0, 0.05) is 30.4 Å². The second-order valence-corrected chi connectivity index (χ2v) is 11.8. The van der Waals surface area contributed by atoms with E-state index in [2.05, 4.69) is 5.32 Å². The molecule has 0 aliphatic rings. The first kappa shape index (κ1) is 27.2. The number of nitrogens with one attached hydrogen (secondary N) is 1. The molecule has 0 aliphatic heterocycles. The minimum absolute atomic E-state index is 0.0407. The largest absolute Gasteiger partial charge is 0.328 e. The molecule has 1 amide bonds. The summed E-state index contributed by atoms with van der Waals surface area (Å²) in [6.45, 7) is 1.87. The third kappa shape index (κ3) is 5.13. The number of carbonyl (C=O) groups excluding carboxylic acids is 1. The molecule has 0 saturated carbocycles. The molecule has 0 spiro atoms. The molecule has 5 rings (SSSR count). The van der Waals surface area contributed by atoms with Crippen LogP contribution in [0, 0.1) is 6.92 Å². The number of benzene rings is 4. The topological polar surface area (TPSA) is 93.4 Å². The van der Waals surface area contributed by atoms with Gasteiger partial charge in [-0.2, -0.15) is 0 Å². The summed E-state index contributed by atoms with van der Waals surface area (Å²) in [6.07, 6.45) is 0. The van der Waals surface area contributed by atoms with Gasteiger partial charge < -0.3 is 5.32 Å². The molecular weight excluding hydrogens is 548 g/mol. The molecule has 10 heteroatoms. The van der Waals surface area contributed by atoms with Crippen molar-refractivity contribution in [2.24, 2.45) is 14.1 Å². The minimum Gasteiger partial charge on any atom is -0.322 e. The van der Waals surface area contributed by atoms with Crippen molar-refractivity contribution in [1.82, 2.24) is 9.13 Å². The zero-order valence-electron chi connectivity index (χ0n) is 22.1. The van der Waals surface area contributed by atoms with Crippen LogP contribution in [-0.4, -0.2) is 23.5 Å². The summed E-state index contributed by atoms with van der Waals surface area (Å²) in [5.41, 5.74) is 4.20. The van der Waals surface area contributed by atoms with Crippen LogP contribution >= 0.6 is 11.6 Å². The number of aryl methyl sites for hydroxylation is 3. The highest BCUT2D eigenvalue weighted by Gasteiger charge is 2.26. The van der Waals surface area contributed by atoms with Crippen LogP contribution in [0.4, 0.5) is 11.4 Å². The number of sulfonamides is 1. The first-order valence-electron chi connectivity index (χ1n) is 12.5.